The molecule has 0 unspecified atom stereocenters. The van der Waals surface area contributed by atoms with Crippen LogP contribution < -0.4 is 15.4 Å². The van der Waals surface area contributed by atoms with E-state index in [1.807, 2.05) is 18.3 Å². The lowest BCUT2D eigenvalue weighted by Gasteiger charge is -2.33. The van der Waals surface area contributed by atoms with Gasteiger partial charge in [-0.3, -0.25) is 9.69 Å². The molecule has 0 atom stereocenters. The summed E-state index contributed by atoms with van der Waals surface area (Å²) in [4.78, 5) is 24.8. The minimum atomic E-state index is 0.158. The number of likely N-dealkylation sites (N-methyl/N-ethyl adjacent to an activating group) is 1. The molecule has 0 radical (unpaired) electrons. The Labute approximate surface area is 174 Å². The predicted octanol–water partition coefficient (Wildman–Crippen LogP) is 1.48. The first-order valence-electron chi connectivity index (χ1n) is 10.6. The van der Waals surface area contributed by atoms with Crippen LogP contribution >= 0.6 is 0 Å². The third-order valence-electron chi connectivity index (χ3n) is 4.80. The number of aromatic nitrogens is 1. The molecule has 1 aliphatic rings. The average molecular weight is 405 g/mol. The summed E-state index contributed by atoms with van der Waals surface area (Å²) >= 11 is 0. The molecule has 1 aliphatic heterocycles. The highest BCUT2D eigenvalue weighted by atomic mass is 16.5. The van der Waals surface area contributed by atoms with E-state index in [4.69, 9.17) is 9.73 Å². The molecule has 1 amide bonds. The number of piperidine rings is 1. The van der Waals surface area contributed by atoms with Gasteiger partial charge >= 0.3 is 0 Å². The van der Waals surface area contributed by atoms with Gasteiger partial charge < -0.3 is 20.3 Å². The number of amides is 1. The fraction of sp³-hybridized carbons (Fsp3) is 0.667. The van der Waals surface area contributed by atoms with Crippen LogP contribution in [0.3, 0.4) is 0 Å². The Morgan fingerprint density at radius 1 is 1.31 bits per heavy atom. The van der Waals surface area contributed by atoms with Crippen molar-refractivity contribution in [3.05, 3.63) is 23.9 Å². The highest BCUT2D eigenvalue weighted by Gasteiger charge is 2.22. The highest BCUT2D eigenvalue weighted by Crippen LogP contribution is 2.11. The van der Waals surface area contributed by atoms with Crippen LogP contribution in [-0.2, 0) is 11.3 Å². The minimum absolute atomic E-state index is 0.158. The van der Waals surface area contributed by atoms with E-state index < -0.39 is 0 Å². The molecular formula is C21H36N6O2. The zero-order chi connectivity index (χ0) is 21.1. The summed E-state index contributed by atoms with van der Waals surface area (Å²) in [5, 5.41) is 6.85. The topological polar surface area (TPSA) is 82.1 Å². The zero-order valence-corrected chi connectivity index (χ0v) is 18.3. The van der Waals surface area contributed by atoms with Crippen molar-refractivity contribution in [3.63, 3.8) is 0 Å². The Balaban J connectivity index is 1.82. The van der Waals surface area contributed by atoms with Crippen molar-refractivity contribution in [1.82, 2.24) is 25.4 Å². The van der Waals surface area contributed by atoms with Gasteiger partial charge in [-0.25, -0.2) is 9.98 Å². The van der Waals surface area contributed by atoms with Crippen LogP contribution in [0.25, 0.3) is 0 Å². The third-order valence-corrected chi connectivity index (χ3v) is 4.80. The largest absolute Gasteiger partial charge is 0.478 e. The number of nitrogens with one attached hydrogen (secondary N) is 2. The van der Waals surface area contributed by atoms with Gasteiger partial charge in [-0.05, 0) is 31.7 Å². The van der Waals surface area contributed by atoms with Gasteiger partial charge in [0.05, 0.1) is 19.7 Å². The molecule has 8 nitrogen and oxygen atoms in total. The van der Waals surface area contributed by atoms with Gasteiger partial charge in [0.25, 0.3) is 0 Å². The molecule has 0 saturated carbocycles. The van der Waals surface area contributed by atoms with Crippen molar-refractivity contribution in [2.75, 3.05) is 46.9 Å². The number of aliphatic imine (C=N–C) groups is 1. The van der Waals surface area contributed by atoms with E-state index in [0.717, 1.165) is 50.4 Å². The van der Waals surface area contributed by atoms with Crippen LogP contribution in [0.4, 0.5) is 0 Å². The summed E-state index contributed by atoms with van der Waals surface area (Å²) < 4.78 is 5.52. The number of likely N-dealkylation sites (tertiary alicyclic amines) is 1. The van der Waals surface area contributed by atoms with Gasteiger partial charge in [0.1, 0.15) is 0 Å². The van der Waals surface area contributed by atoms with Gasteiger partial charge in [0.2, 0.25) is 11.8 Å². The Bertz CT molecular complexity index is 639. The molecule has 8 heteroatoms. The Morgan fingerprint density at radius 2 is 2.07 bits per heavy atom. The number of carbonyl (C=O) groups is 1. The molecule has 1 aromatic heterocycles. The molecule has 0 spiro atoms. The van der Waals surface area contributed by atoms with Crippen molar-refractivity contribution in [2.45, 2.75) is 45.7 Å². The number of hydrogen-bond acceptors (Lipinski definition) is 5. The van der Waals surface area contributed by atoms with Gasteiger partial charge in [0, 0.05) is 52.0 Å². The lowest BCUT2D eigenvalue weighted by molar-refractivity contribution is -0.130. The molecule has 1 aromatic rings. The first-order valence-corrected chi connectivity index (χ1v) is 10.6. The van der Waals surface area contributed by atoms with Crippen LogP contribution in [-0.4, -0.2) is 79.6 Å². The average Bonchev–Trinajstić information content (AvgIpc) is 2.72. The second kappa shape index (κ2) is 12.3. The Morgan fingerprint density at radius 3 is 2.66 bits per heavy atom. The van der Waals surface area contributed by atoms with Gasteiger partial charge in [0.15, 0.2) is 5.96 Å². The van der Waals surface area contributed by atoms with Crippen molar-refractivity contribution in [2.24, 2.45) is 4.99 Å². The first kappa shape index (κ1) is 22.9. The summed E-state index contributed by atoms with van der Waals surface area (Å²) in [6.45, 7) is 8.52. The minimum Gasteiger partial charge on any atom is -0.478 e. The number of hydrogen-bond donors (Lipinski definition) is 2. The van der Waals surface area contributed by atoms with Crippen LogP contribution in [0, 0.1) is 0 Å². The number of nitrogens with zero attached hydrogens (tertiary/aromatic N) is 4. The van der Waals surface area contributed by atoms with E-state index in [1.54, 1.807) is 19.0 Å². The summed E-state index contributed by atoms with van der Waals surface area (Å²) in [6, 6.07) is 4.26. The Hall–Kier alpha value is -2.35. The summed E-state index contributed by atoms with van der Waals surface area (Å²) in [6.07, 6.45) is 4.78. The molecule has 0 aliphatic carbocycles. The molecular weight excluding hydrogens is 368 g/mol. The molecule has 0 aromatic carbocycles. The SMILES string of the molecule is CCCOc1ccc(CN=C(NCC)NC2CCN(CC(=O)N(C)C)CC2)cn1. The maximum atomic E-state index is 11.9. The number of ether oxygens (including phenoxy) is 1. The smallest absolute Gasteiger partial charge is 0.236 e. The third kappa shape index (κ3) is 8.27. The number of carbonyl (C=O) groups excluding carboxylic acids is 1. The molecule has 162 valence electrons. The Kier molecular flexibility index (Phi) is 9.70. The van der Waals surface area contributed by atoms with Crippen LogP contribution in [0.15, 0.2) is 23.3 Å². The molecule has 2 rings (SSSR count). The number of guanidine groups is 1. The molecule has 2 heterocycles. The lowest BCUT2D eigenvalue weighted by atomic mass is 10.1. The molecule has 29 heavy (non-hydrogen) atoms. The van der Waals surface area contributed by atoms with E-state index in [0.29, 0.717) is 31.6 Å². The van der Waals surface area contributed by atoms with Crippen molar-refractivity contribution in [3.8, 4) is 5.88 Å². The monoisotopic (exact) mass is 404 g/mol. The summed E-state index contributed by atoms with van der Waals surface area (Å²) in [5.74, 6) is 1.64. The maximum absolute atomic E-state index is 11.9. The van der Waals surface area contributed by atoms with E-state index in [1.165, 1.54) is 0 Å². The highest BCUT2D eigenvalue weighted by molar-refractivity contribution is 5.80. The van der Waals surface area contributed by atoms with Crippen LogP contribution in [0.1, 0.15) is 38.7 Å². The first-order chi connectivity index (χ1) is 14.0. The van der Waals surface area contributed by atoms with Crippen LogP contribution in [0.2, 0.25) is 0 Å². The second-order valence-electron chi connectivity index (χ2n) is 7.53. The van der Waals surface area contributed by atoms with E-state index in [-0.39, 0.29) is 5.91 Å². The second-order valence-corrected chi connectivity index (χ2v) is 7.53. The number of rotatable bonds is 9. The van der Waals surface area contributed by atoms with Gasteiger partial charge in [-0.15, -0.1) is 0 Å². The predicted molar refractivity (Wildman–Crippen MR) is 116 cm³/mol. The quantitative estimate of drug-likeness (QED) is 0.479. The van der Waals surface area contributed by atoms with Crippen molar-refractivity contribution in [1.29, 1.82) is 0 Å². The standard InChI is InChI=1S/C21H36N6O2/c1-5-13-29-19-8-7-17(14-23-19)15-24-21(22-6-2)25-18-9-11-27(12-10-18)16-20(28)26(3)4/h7-8,14,18H,5-6,9-13,15-16H2,1-4H3,(H2,22,24,25). The molecule has 1 fully saturated rings. The van der Waals surface area contributed by atoms with Gasteiger partial charge in [-0.1, -0.05) is 13.0 Å². The fourth-order valence-electron chi connectivity index (χ4n) is 3.05. The van der Waals surface area contributed by atoms with E-state index in [2.05, 4.69) is 34.4 Å². The molecule has 2 N–H and O–H groups in total. The molecule has 1 saturated heterocycles. The number of pyridine rings is 1. The fourth-order valence-corrected chi connectivity index (χ4v) is 3.05. The van der Waals surface area contributed by atoms with Crippen molar-refractivity contribution >= 4 is 11.9 Å². The summed E-state index contributed by atoms with van der Waals surface area (Å²) in [7, 11) is 3.61. The zero-order valence-electron chi connectivity index (χ0n) is 18.3. The normalized spacial score (nSPS) is 15.8. The van der Waals surface area contributed by atoms with E-state index >= 15 is 0 Å². The van der Waals surface area contributed by atoms with Crippen molar-refractivity contribution < 1.29 is 9.53 Å². The lowest BCUT2D eigenvalue weighted by Crippen LogP contribution is -2.50. The van der Waals surface area contributed by atoms with Gasteiger partial charge in [-0.2, -0.15) is 0 Å². The van der Waals surface area contributed by atoms with E-state index in [9.17, 15) is 4.79 Å². The maximum Gasteiger partial charge on any atom is 0.236 e. The molecule has 0 bridgehead atoms. The summed E-state index contributed by atoms with van der Waals surface area (Å²) in [5.41, 5.74) is 1.04. The van der Waals surface area contributed by atoms with Crippen LogP contribution in [0.5, 0.6) is 5.88 Å².